The summed E-state index contributed by atoms with van der Waals surface area (Å²) in [5.41, 5.74) is 0. The first-order chi connectivity index (χ1) is 5.29. The fourth-order valence-corrected chi connectivity index (χ4v) is 4.00. The van der Waals surface area contributed by atoms with Crippen LogP contribution in [0.25, 0.3) is 0 Å². The van der Waals surface area contributed by atoms with E-state index in [2.05, 4.69) is 0 Å². The Hall–Kier alpha value is 1.44. The molecule has 0 atom stereocenters. The summed E-state index contributed by atoms with van der Waals surface area (Å²) in [4.78, 5) is 10.5. The fourth-order valence-electron chi connectivity index (χ4n) is 0.759. The molecule has 0 amide bonds. The zero-order chi connectivity index (χ0) is 8.10. The molecule has 0 saturated carbocycles. The molecule has 5 heteroatoms. The molecule has 1 rings (SSSR count). The van der Waals surface area contributed by atoms with Gasteiger partial charge in [0.15, 0.2) is 17.4 Å². The molecule has 2 nitrogen and oxygen atoms in total. The Labute approximate surface area is 132 Å². The van der Waals surface area contributed by atoms with E-state index >= 15 is 0 Å². The number of hydrogen-bond acceptors (Lipinski definition) is 2. The Morgan fingerprint density at radius 1 is 1.31 bits per heavy atom. The Morgan fingerprint density at radius 2 is 1.85 bits per heavy atom. The minimum absolute atomic E-state index is 0. The Balaban J connectivity index is 0. The number of carbonyl (C=O) groups is 1. The second kappa shape index (κ2) is 9.98. The number of hydrogen-bond donors (Lipinski definition) is 0. The van der Waals surface area contributed by atoms with Crippen molar-refractivity contribution < 1.29 is 71.1 Å². The first-order valence-electron chi connectivity index (χ1n) is 3.46. The summed E-state index contributed by atoms with van der Waals surface area (Å²) in [6.07, 6.45) is 0. The zero-order valence-corrected chi connectivity index (χ0v) is 14.4. The standard InChI is InChI=1S/C6H5.C2H4O2.Al.Hg.Tb.3H/c1-2-4-6-5-3-1;1-2(3)4;;;;;;/h1-5H;1H3,(H,3,4);;;;;;/q;;;+1;;;;/p-1. The molecule has 0 spiro atoms. The minimum Gasteiger partial charge on any atom is 0 e. The van der Waals surface area contributed by atoms with Crippen LogP contribution in [-0.4, -0.2) is 23.3 Å². The molecule has 0 fully saturated rings. The van der Waals surface area contributed by atoms with E-state index in [0.29, 0.717) is 0 Å². The Bertz CT molecular complexity index is 243. The van der Waals surface area contributed by atoms with Crippen LogP contribution in [0.3, 0.4) is 0 Å². The second-order valence-corrected chi connectivity index (χ2v) is 7.68. The quantitative estimate of drug-likeness (QED) is 0.496. The van der Waals surface area contributed by atoms with Crippen molar-refractivity contribution in [3.63, 3.8) is 0 Å². The van der Waals surface area contributed by atoms with Crippen LogP contribution in [0.15, 0.2) is 30.3 Å². The molecule has 1 aromatic carbocycles. The van der Waals surface area contributed by atoms with E-state index < -0.39 is 25.0 Å². The van der Waals surface area contributed by atoms with E-state index in [1.165, 1.54) is 10.00 Å². The molecule has 0 saturated heterocycles. The SMILES string of the molecule is CC(=O)[O][Hg][c]1ccccc1.[AlH3].[Tb]. The summed E-state index contributed by atoms with van der Waals surface area (Å²) in [5.74, 6) is -0.143. The summed E-state index contributed by atoms with van der Waals surface area (Å²) in [6, 6.07) is 9.94. The van der Waals surface area contributed by atoms with Crippen molar-refractivity contribution in [1.82, 2.24) is 0 Å². The van der Waals surface area contributed by atoms with Crippen molar-refractivity contribution in [2.75, 3.05) is 0 Å². The topological polar surface area (TPSA) is 26.3 Å². The largest absolute Gasteiger partial charge is 0.187 e. The first kappa shape index (κ1) is 16.9. The monoisotopic (exact) mass is 527 g/mol. The molecule has 69 valence electrons. The number of carbonyl (C=O) groups excluding carboxylic acids is 1. The number of benzene rings is 1. The van der Waals surface area contributed by atoms with Crippen LogP contribution in [0.4, 0.5) is 0 Å². The molecule has 0 aromatic heterocycles. The molecule has 0 aliphatic carbocycles. The third-order valence-electron chi connectivity index (χ3n) is 1.28. The first-order valence-corrected chi connectivity index (χ1v) is 8.45. The Morgan fingerprint density at radius 3 is 2.31 bits per heavy atom. The van der Waals surface area contributed by atoms with Gasteiger partial charge in [-0.3, -0.25) is 0 Å². The summed E-state index contributed by atoms with van der Waals surface area (Å²) in [5, 5.41) is 0. The van der Waals surface area contributed by atoms with Crippen molar-refractivity contribution in [2.45, 2.75) is 6.92 Å². The van der Waals surface area contributed by atoms with Gasteiger partial charge in [0.25, 0.3) is 0 Å². The number of rotatable bonds is 2. The van der Waals surface area contributed by atoms with Gasteiger partial charge in [-0.25, -0.2) is 0 Å². The zero-order valence-electron chi connectivity index (χ0n) is 6.74. The van der Waals surface area contributed by atoms with Crippen molar-refractivity contribution >= 4 is 26.4 Å². The van der Waals surface area contributed by atoms with Gasteiger partial charge in [-0.05, 0) is 0 Å². The summed E-state index contributed by atoms with van der Waals surface area (Å²) in [6.45, 7) is 1.46. The third-order valence-corrected chi connectivity index (χ3v) is 6.55. The van der Waals surface area contributed by atoms with Crippen LogP contribution in [0.2, 0.25) is 0 Å². The van der Waals surface area contributed by atoms with Crippen LogP contribution in [0, 0.1) is 38.6 Å². The average Bonchev–Trinajstić information content (AvgIpc) is 2.03. The molecule has 13 heavy (non-hydrogen) atoms. The molecule has 0 aliphatic rings. The van der Waals surface area contributed by atoms with Gasteiger partial charge >= 0.3 is 78.8 Å². The maximum absolute atomic E-state index is 10.5. The van der Waals surface area contributed by atoms with Crippen LogP contribution in [0.1, 0.15) is 6.92 Å². The fraction of sp³-hybridized carbons (Fsp3) is 0.125. The molecule has 1 aromatic rings. The predicted molar refractivity (Wildman–Crippen MR) is 47.8 cm³/mol. The molecule has 0 N–H and O–H groups in total. The van der Waals surface area contributed by atoms with Crippen LogP contribution in [0.5, 0.6) is 0 Å². The van der Waals surface area contributed by atoms with Gasteiger partial charge in [0.1, 0.15) is 0 Å². The van der Waals surface area contributed by atoms with E-state index in [4.69, 9.17) is 2.64 Å². The molecule has 0 heterocycles. The minimum atomic E-state index is -1.52. The van der Waals surface area contributed by atoms with Gasteiger partial charge in [0.2, 0.25) is 0 Å². The summed E-state index contributed by atoms with van der Waals surface area (Å²) in [7, 11) is 0. The molecule has 0 bridgehead atoms. The van der Waals surface area contributed by atoms with Crippen molar-refractivity contribution in [3.05, 3.63) is 30.3 Å². The molecule has 0 unspecified atom stereocenters. The van der Waals surface area contributed by atoms with Gasteiger partial charge in [-0.1, -0.05) is 0 Å². The van der Waals surface area contributed by atoms with Gasteiger partial charge in [0, 0.05) is 38.6 Å². The van der Waals surface area contributed by atoms with E-state index in [0.717, 1.165) is 0 Å². The van der Waals surface area contributed by atoms with Crippen molar-refractivity contribution in [3.8, 4) is 0 Å². The van der Waals surface area contributed by atoms with E-state index in [1.54, 1.807) is 0 Å². The summed E-state index contributed by atoms with van der Waals surface area (Å²) < 4.78 is 6.25. The van der Waals surface area contributed by atoms with Crippen LogP contribution >= 0.6 is 0 Å². The molecular formula is C8H11AlHgO2Tb. The predicted octanol–water partition coefficient (Wildman–Crippen LogP) is -0.311. The third kappa shape index (κ3) is 8.44. The van der Waals surface area contributed by atoms with E-state index in [9.17, 15) is 4.79 Å². The molecule has 1 radical (unpaired) electrons. The van der Waals surface area contributed by atoms with Crippen molar-refractivity contribution in [1.29, 1.82) is 0 Å². The Kier molecular flexibility index (Phi) is 12.9. The maximum atomic E-state index is 10.5. The van der Waals surface area contributed by atoms with Gasteiger partial charge in [0.05, 0.1) is 0 Å². The van der Waals surface area contributed by atoms with E-state index in [1.807, 2.05) is 30.3 Å². The average molecular weight is 526 g/mol. The molecular weight excluding hydrogens is 515 g/mol. The molecule has 0 aliphatic heterocycles. The normalized spacial score (nSPS) is 7.15. The van der Waals surface area contributed by atoms with Crippen LogP contribution in [-0.2, 0) is 32.5 Å². The van der Waals surface area contributed by atoms with Crippen LogP contribution < -0.4 is 3.07 Å². The summed E-state index contributed by atoms with van der Waals surface area (Å²) >= 11 is -1.52. The van der Waals surface area contributed by atoms with E-state index in [-0.39, 0.29) is 61.9 Å². The second-order valence-electron chi connectivity index (χ2n) is 2.27. The van der Waals surface area contributed by atoms with Gasteiger partial charge < -0.3 is 0 Å². The van der Waals surface area contributed by atoms with Gasteiger partial charge in [-0.2, -0.15) is 0 Å². The van der Waals surface area contributed by atoms with Crippen molar-refractivity contribution in [2.24, 2.45) is 0 Å². The van der Waals surface area contributed by atoms with Gasteiger partial charge in [-0.15, -0.1) is 0 Å². The smallest absolute Gasteiger partial charge is 0 e. The maximum Gasteiger partial charge on any atom is 0.187 e.